The fourth-order valence-electron chi connectivity index (χ4n) is 1.43. The maximum absolute atomic E-state index is 4.13. The van der Waals surface area contributed by atoms with Gasteiger partial charge in [-0.15, -0.1) is 12.1 Å². The molecule has 0 fully saturated rings. The van der Waals surface area contributed by atoms with Crippen LogP contribution in [0.3, 0.4) is 0 Å². The maximum atomic E-state index is 4.13. The molecule has 3 rings (SSSR count). The summed E-state index contributed by atoms with van der Waals surface area (Å²) >= 11 is 0. The molecule has 1 aliphatic rings. The molecule has 0 saturated heterocycles. The van der Waals surface area contributed by atoms with Crippen molar-refractivity contribution in [3.63, 3.8) is 0 Å². The molecule has 2 aromatic rings. The molecular formula is C14H14FeN2. The van der Waals surface area contributed by atoms with E-state index in [-0.39, 0.29) is 17.1 Å². The zero-order chi connectivity index (χ0) is 11.1. The number of nitrogens with zero attached hydrogens (tertiary/aromatic N) is 2. The Hall–Kier alpha value is -1.57. The van der Waals surface area contributed by atoms with E-state index in [1.165, 1.54) is 5.69 Å². The molecule has 2 aromatic carbocycles. The summed E-state index contributed by atoms with van der Waals surface area (Å²) in [5, 5.41) is 0. The maximum Gasteiger partial charge on any atom is 2.00 e. The first-order chi connectivity index (χ1) is 7.97. The third-order valence-corrected chi connectivity index (χ3v) is 2.22. The molecule has 0 spiro atoms. The van der Waals surface area contributed by atoms with Crippen LogP contribution < -0.4 is 4.90 Å². The van der Waals surface area contributed by atoms with E-state index < -0.39 is 0 Å². The third-order valence-electron chi connectivity index (χ3n) is 2.22. The molecule has 0 unspecified atom stereocenters. The molecule has 0 radical (unpaired) electrons. The van der Waals surface area contributed by atoms with Gasteiger partial charge < -0.3 is 4.90 Å². The van der Waals surface area contributed by atoms with Crippen LogP contribution in [-0.2, 0) is 17.1 Å². The summed E-state index contributed by atoms with van der Waals surface area (Å²) in [7, 11) is 0. The van der Waals surface area contributed by atoms with Gasteiger partial charge in [-0.05, 0) is 5.69 Å². The monoisotopic (exact) mass is 266 g/mol. The topological polar surface area (TPSA) is 15.6 Å². The molecular weight excluding hydrogens is 252 g/mol. The van der Waals surface area contributed by atoms with Crippen molar-refractivity contribution < 1.29 is 17.1 Å². The van der Waals surface area contributed by atoms with Gasteiger partial charge in [-0.3, -0.25) is 4.99 Å². The second-order valence-corrected chi connectivity index (χ2v) is 3.39. The molecule has 0 bridgehead atoms. The van der Waals surface area contributed by atoms with E-state index in [2.05, 4.69) is 22.0 Å². The Labute approximate surface area is 112 Å². The minimum absolute atomic E-state index is 0. The predicted molar refractivity (Wildman–Crippen MR) is 69.0 cm³/mol. The molecule has 0 N–H and O–H groups in total. The molecule has 3 heteroatoms. The minimum Gasteiger partial charge on any atom is -0.409 e. The molecule has 0 saturated carbocycles. The summed E-state index contributed by atoms with van der Waals surface area (Å²) in [5.41, 5.74) is 1.21. The quantitative estimate of drug-likeness (QED) is 0.571. The molecule has 0 atom stereocenters. The van der Waals surface area contributed by atoms with Crippen molar-refractivity contribution in [3.8, 4) is 0 Å². The first-order valence-electron chi connectivity index (χ1n) is 5.28. The Bertz CT molecular complexity index is 410. The van der Waals surface area contributed by atoms with Crippen LogP contribution in [0.2, 0.25) is 0 Å². The summed E-state index contributed by atoms with van der Waals surface area (Å²) in [6, 6.07) is 18.2. The number of rotatable bonds is 1. The van der Waals surface area contributed by atoms with Crippen LogP contribution >= 0.6 is 0 Å². The van der Waals surface area contributed by atoms with Gasteiger partial charge in [0.2, 0.25) is 0 Å². The van der Waals surface area contributed by atoms with E-state index in [4.69, 9.17) is 0 Å². The Morgan fingerprint density at radius 2 is 1.76 bits per heavy atom. The van der Waals surface area contributed by atoms with E-state index in [0.717, 1.165) is 6.67 Å². The van der Waals surface area contributed by atoms with Gasteiger partial charge in [0, 0.05) is 6.21 Å². The fraction of sp³-hybridized carbons (Fsp3) is 0.0714. The number of allylic oxidation sites excluding steroid dienone is 1. The van der Waals surface area contributed by atoms with Gasteiger partial charge in [0.1, 0.15) is 0 Å². The predicted octanol–water partition coefficient (Wildman–Crippen LogP) is 3.17. The van der Waals surface area contributed by atoms with Crippen LogP contribution in [0.1, 0.15) is 0 Å². The van der Waals surface area contributed by atoms with Gasteiger partial charge in [0.05, 0.1) is 6.67 Å². The van der Waals surface area contributed by atoms with Gasteiger partial charge in [0.25, 0.3) is 0 Å². The van der Waals surface area contributed by atoms with E-state index in [9.17, 15) is 0 Å². The number of hydrogen-bond donors (Lipinski definition) is 0. The zero-order valence-electron chi connectivity index (χ0n) is 9.38. The van der Waals surface area contributed by atoms with Crippen molar-refractivity contribution >= 4 is 11.9 Å². The SMILES string of the molecule is C1=CN([c-]2cccc2)CN=C1.[Fe+2].c1cc[cH-]c1. The largest absolute Gasteiger partial charge is 2.00 e. The van der Waals surface area contributed by atoms with Gasteiger partial charge in [-0.2, -0.15) is 30.3 Å². The average molecular weight is 266 g/mol. The van der Waals surface area contributed by atoms with Crippen molar-refractivity contribution in [1.82, 2.24) is 0 Å². The standard InChI is InChI=1S/C9H9N2.C5H5.Fe/c1-2-5-9(4-1)11-7-3-6-10-8-11;1-2-4-5-3-1;/h1-7H,8H2;1-5H;/q2*-1;+2. The fourth-order valence-corrected chi connectivity index (χ4v) is 1.43. The van der Waals surface area contributed by atoms with Crippen molar-refractivity contribution in [2.45, 2.75) is 0 Å². The minimum atomic E-state index is 0. The van der Waals surface area contributed by atoms with E-state index in [0.29, 0.717) is 0 Å². The molecule has 17 heavy (non-hydrogen) atoms. The van der Waals surface area contributed by atoms with Gasteiger partial charge in [-0.25, -0.2) is 12.1 Å². The molecule has 1 aliphatic heterocycles. The van der Waals surface area contributed by atoms with Crippen molar-refractivity contribution in [2.24, 2.45) is 4.99 Å². The van der Waals surface area contributed by atoms with Gasteiger partial charge in [0.15, 0.2) is 0 Å². The third kappa shape index (κ3) is 4.43. The number of hydrogen-bond acceptors (Lipinski definition) is 2. The number of aliphatic imine (C=N–C) groups is 1. The number of anilines is 1. The normalized spacial score (nSPS) is 12.6. The smallest absolute Gasteiger partial charge is 0.409 e. The summed E-state index contributed by atoms with van der Waals surface area (Å²) in [5.74, 6) is 0. The van der Waals surface area contributed by atoms with Crippen molar-refractivity contribution in [2.75, 3.05) is 11.6 Å². The van der Waals surface area contributed by atoms with Crippen molar-refractivity contribution in [3.05, 3.63) is 66.9 Å². The summed E-state index contributed by atoms with van der Waals surface area (Å²) in [4.78, 5) is 6.23. The van der Waals surface area contributed by atoms with Crippen LogP contribution in [0.25, 0.3) is 0 Å². The van der Waals surface area contributed by atoms with Crippen LogP contribution in [0.4, 0.5) is 5.69 Å². The molecule has 2 nitrogen and oxygen atoms in total. The van der Waals surface area contributed by atoms with Crippen LogP contribution in [-0.4, -0.2) is 12.9 Å². The zero-order valence-corrected chi connectivity index (χ0v) is 10.5. The molecule has 1 heterocycles. The Balaban J connectivity index is 0.000000205. The van der Waals surface area contributed by atoms with Crippen molar-refractivity contribution in [1.29, 1.82) is 0 Å². The van der Waals surface area contributed by atoms with Crippen LogP contribution in [0.15, 0.2) is 71.9 Å². The van der Waals surface area contributed by atoms with Crippen LogP contribution in [0.5, 0.6) is 0 Å². The van der Waals surface area contributed by atoms with Gasteiger partial charge in [-0.1, -0.05) is 12.3 Å². The Morgan fingerprint density at radius 1 is 1.06 bits per heavy atom. The molecule has 0 amide bonds. The Kier molecular flexibility index (Phi) is 6.08. The summed E-state index contributed by atoms with van der Waals surface area (Å²) in [6.07, 6.45) is 5.79. The second-order valence-electron chi connectivity index (χ2n) is 3.39. The first kappa shape index (κ1) is 13.5. The molecule has 0 aromatic heterocycles. The molecule has 0 aliphatic carbocycles. The first-order valence-corrected chi connectivity index (χ1v) is 5.28. The Morgan fingerprint density at radius 3 is 2.24 bits per heavy atom. The summed E-state index contributed by atoms with van der Waals surface area (Å²) < 4.78 is 0. The van der Waals surface area contributed by atoms with E-state index in [1.807, 2.05) is 61.0 Å². The van der Waals surface area contributed by atoms with Gasteiger partial charge >= 0.3 is 17.1 Å². The van der Waals surface area contributed by atoms with E-state index in [1.54, 1.807) is 0 Å². The van der Waals surface area contributed by atoms with Crippen LogP contribution in [0, 0.1) is 0 Å². The second kappa shape index (κ2) is 7.66. The average Bonchev–Trinajstić information content (AvgIpc) is 3.07. The molecule has 88 valence electrons. The van der Waals surface area contributed by atoms with E-state index >= 15 is 0 Å². The summed E-state index contributed by atoms with van der Waals surface area (Å²) in [6.45, 7) is 0.737.